The van der Waals surface area contributed by atoms with Crippen LogP contribution in [0.5, 0.6) is 0 Å². The van der Waals surface area contributed by atoms with E-state index in [1.165, 1.54) is 6.92 Å². The molecule has 0 aliphatic rings. The molecule has 3 heteroatoms. The summed E-state index contributed by atoms with van der Waals surface area (Å²) in [5.41, 5.74) is 0. The third-order valence-corrected chi connectivity index (χ3v) is 1.68. The third-order valence-electron chi connectivity index (χ3n) is 1.68. The number of esters is 1. The van der Waals surface area contributed by atoms with Gasteiger partial charge in [-0.05, 0) is 5.92 Å². The van der Waals surface area contributed by atoms with Gasteiger partial charge in [0.05, 0.1) is 6.61 Å². The Morgan fingerprint density at radius 1 is 1.55 bits per heavy atom. The smallest absolute Gasteiger partial charge is 0.302 e. The predicted molar refractivity (Wildman–Crippen MR) is 42.0 cm³/mol. The standard InChI is InChI=1S/C8H16O3/c1-6(2)8(4-9)5-11-7(3)10/h6,8-9H,4-5H2,1-3H3/t8-/m1/s1. The molecule has 0 aromatic rings. The monoisotopic (exact) mass is 160 g/mol. The second kappa shape index (κ2) is 5.13. The summed E-state index contributed by atoms with van der Waals surface area (Å²) < 4.78 is 4.76. The fraction of sp³-hybridized carbons (Fsp3) is 0.875. The molecule has 1 N–H and O–H groups in total. The lowest BCUT2D eigenvalue weighted by molar-refractivity contribution is -0.143. The maximum absolute atomic E-state index is 10.4. The first-order valence-corrected chi connectivity index (χ1v) is 3.82. The third kappa shape index (κ3) is 4.79. The summed E-state index contributed by atoms with van der Waals surface area (Å²) in [5, 5.41) is 8.82. The molecular weight excluding hydrogens is 144 g/mol. The zero-order valence-electron chi connectivity index (χ0n) is 7.33. The number of hydrogen-bond acceptors (Lipinski definition) is 3. The Hall–Kier alpha value is -0.570. The molecule has 11 heavy (non-hydrogen) atoms. The van der Waals surface area contributed by atoms with E-state index in [0.29, 0.717) is 12.5 Å². The molecule has 0 aromatic carbocycles. The van der Waals surface area contributed by atoms with Gasteiger partial charge in [-0.15, -0.1) is 0 Å². The van der Waals surface area contributed by atoms with Crippen LogP contribution in [0.4, 0.5) is 0 Å². The molecule has 0 amide bonds. The first-order chi connectivity index (χ1) is 5.07. The summed E-state index contributed by atoms with van der Waals surface area (Å²) in [4.78, 5) is 10.4. The molecule has 0 aromatic heterocycles. The van der Waals surface area contributed by atoms with Gasteiger partial charge >= 0.3 is 5.97 Å². The fourth-order valence-corrected chi connectivity index (χ4v) is 0.680. The summed E-state index contributed by atoms with van der Waals surface area (Å²) in [6, 6.07) is 0. The zero-order valence-corrected chi connectivity index (χ0v) is 7.33. The highest BCUT2D eigenvalue weighted by Crippen LogP contribution is 2.09. The molecule has 3 nitrogen and oxygen atoms in total. The van der Waals surface area contributed by atoms with Crippen molar-refractivity contribution in [3.8, 4) is 0 Å². The average Bonchev–Trinajstić information content (AvgIpc) is 1.87. The van der Waals surface area contributed by atoms with Gasteiger partial charge in [0.15, 0.2) is 0 Å². The van der Waals surface area contributed by atoms with Crippen molar-refractivity contribution in [1.29, 1.82) is 0 Å². The number of hydrogen-bond donors (Lipinski definition) is 1. The lowest BCUT2D eigenvalue weighted by Crippen LogP contribution is -2.21. The molecule has 0 saturated heterocycles. The maximum atomic E-state index is 10.4. The van der Waals surface area contributed by atoms with Gasteiger partial charge in [0.2, 0.25) is 0 Å². The van der Waals surface area contributed by atoms with Crippen LogP contribution in [0.2, 0.25) is 0 Å². The number of rotatable bonds is 4. The van der Waals surface area contributed by atoms with Crippen LogP contribution in [0.3, 0.4) is 0 Å². The van der Waals surface area contributed by atoms with Gasteiger partial charge < -0.3 is 9.84 Å². The van der Waals surface area contributed by atoms with Gasteiger partial charge in [-0.25, -0.2) is 0 Å². The Labute approximate surface area is 67.4 Å². The highest BCUT2D eigenvalue weighted by Gasteiger charge is 2.12. The number of carbonyl (C=O) groups excluding carboxylic acids is 1. The van der Waals surface area contributed by atoms with Crippen LogP contribution in [0.25, 0.3) is 0 Å². The van der Waals surface area contributed by atoms with Crippen molar-refractivity contribution in [2.75, 3.05) is 13.2 Å². The predicted octanol–water partition coefficient (Wildman–Crippen LogP) is 0.814. The van der Waals surface area contributed by atoms with Crippen LogP contribution >= 0.6 is 0 Å². The molecule has 0 aliphatic heterocycles. The molecular formula is C8H16O3. The van der Waals surface area contributed by atoms with E-state index in [9.17, 15) is 4.79 Å². The van der Waals surface area contributed by atoms with E-state index >= 15 is 0 Å². The summed E-state index contributed by atoms with van der Waals surface area (Å²) in [5.74, 6) is 0.127. The Morgan fingerprint density at radius 3 is 2.36 bits per heavy atom. The minimum absolute atomic E-state index is 0.0684. The van der Waals surface area contributed by atoms with Gasteiger partial charge in [0.25, 0.3) is 0 Å². The van der Waals surface area contributed by atoms with Crippen LogP contribution < -0.4 is 0 Å². The Balaban J connectivity index is 3.61. The second-order valence-corrected chi connectivity index (χ2v) is 2.99. The topological polar surface area (TPSA) is 46.5 Å². The Morgan fingerprint density at radius 2 is 2.09 bits per heavy atom. The van der Waals surface area contributed by atoms with E-state index in [-0.39, 0.29) is 18.5 Å². The van der Waals surface area contributed by atoms with E-state index < -0.39 is 0 Å². The van der Waals surface area contributed by atoms with Crippen molar-refractivity contribution in [3.63, 3.8) is 0 Å². The van der Waals surface area contributed by atoms with Gasteiger partial charge in [0, 0.05) is 19.4 Å². The molecule has 0 rings (SSSR count). The Kier molecular flexibility index (Phi) is 4.86. The molecule has 0 spiro atoms. The van der Waals surface area contributed by atoms with Crippen molar-refractivity contribution in [2.45, 2.75) is 20.8 Å². The summed E-state index contributed by atoms with van der Waals surface area (Å²) in [7, 11) is 0. The number of aliphatic hydroxyl groups is 1. The first-order valence-electron chi connectivity index (χ1n) is 3.82. The van der Waals surface area contributed by atoms with E-state index in [1.54, 1.807) is 0 Å². The molecule has 0 fully saturated rings. The average molecular weight is 160 g/mol. The van der Waals surface area contributed by atoms with Crippen LogP contribution in [0, 0.1) is 11.8 Å². The molecule has 1 atom stereocenters. The van der Waals surface area contributed by atoms with E-state index in [1.807, 2.05) is 13.8 Å². The van der Waals surface area contributed by atoms with Gasteiger partial charge in [0.1, 0.15) is 0 Å². The maximum Gasteiger partial charge on any atom is 0.302 e. The van der Waals surface area contributed by atoms with Crippen LogP contribution in [-0.4, -0.2) is 24.3 Å². The number of aliphatic hydroxyl groups excluding tert-OH is 1. The van der Waals surface area contributed by atoms with Gasteiger partial charge in [-0.3, -0.25) is 4.79 Å². The van der Waals surface area contributed by atoms with Gasteiger partial charge in [-0.2, -0.15) is 0 Å². The molecule has 0 radical (unpaired) electrons. The second-order valence-electron chi connectivity index (χ2n) is 2.99. The van der Waals surface area contributed by atoms with Crippen molar-refractivity contribution < 1.29 is 14.6 Å². The number of carbonyl (C=O) groups is 1. The SMILES string of the molecule is CC(=O)OC[C@@H](CO)C(C)C. The number of ether oxygens (including phenoxy) is 1. The normalized spacial score (nSPS) is 13.2. The lowest BCUT2D eigenvalue weighted by atomic mass is 9.98. The van der Waals surface area contributed by atoms with Crippen LogP contribution in [0.15, 0.2) is 0 Å². The lowest BCUT2D eigenvalue weighted by Gasteiger charge is -2.16. The van der Waals surface area contributed by atoms with Crippen LogP contribution in [-0.2, 0) is 9.53 Å². The van der Waals surface area contributed by atoms with E-state index in [0.717, 1.165) is 0 Å². The van der Waals surface area contributed by atoms with Crippen molar-refractivity contribution in [3.05, 3.63) is 0 Å². The van der Waals surface area contributed by atoms with Gasteiger partial charge in [-0.1, -0.05) is 13.8 Å². The fourth-order valence-electron chi connectivity index (χ4n) is 0.680. The first kappa shape index (κ1) is 10.4. The largest absolute Gasteiger partial charge is 0.465 e. The van der Waals surface area contributed by atoms with E-state index in [2.05, 4.69) is 0 Å². The molecule has 0 saturated carbocycles. The van der Waals surface area contributed by atoms with Crippen LogP contribution in [0.1, 0.15) is 20.8 Å². The molecule has 0 aliphatic carbocycles. The molecule has 66 valence electrons. The molecule has 0 unspecified atom stereocenters. The zero-order chi connectivity index (χ0) is 8.85. The molecule has 0 bridgehead atoms. The minimum Gasteiger partial charge on any atom is -0.465 e. The van der Waals surface area contributed by atoms with Crippen molar-refractivity contribution in [2.24, 2.45) is 11.8 Å². The summed E-state index contributed by atoms with van der Waals surface area (Å²) >= 11 is 0. The summed E-state index contributed by atoms with van der Waals surface area (Å²) in [6.45, 7) is 5.75. The van der Waals surface area contributed by atoms with Crippen molar-refractivity contribution in [1.82, 2.24) is 0 Å². The Bertz CT molecular complexity index is 121. The quantitative estimate of drug-likeness (QED) is 0.619. The highest BCUT2D eigenvalue weighted by molar-refractivity contribution is 5.65. The summed E-state index contributed by atoms with van der Waals surface area (Å²) in [6.07, 6.45) is 0. The minimum atomic E-state index is -0.288. The van der Waals surface area contributed by atoms with Crippen molar-refractivity contribution >= 4 is 5.97 Å². The molecule has 0 heterocycles. The highest BCUT2D eigenvalue weighted by atomic mass is 16.5. The van der Waals surface area contributed by atoms with E-state index in [4.69, 9.17) is 9.84 Å².